The van der Waals surface area contributed by atoms with Crippen molar-refractivity contribution >= 4 is 5.84 Å². The predicted molar refractivity (Wildman–Crippen MR) is 49.3 cm³/mol. The van der Waals surface area contributed by atoms with E-state index in [4.69, 9.17) is 11.1 Å². The van der Waals surface area contributed by atoms with Crippen LogP contribution in [0.2, 0.25) is 0 Å². The molecule has 0 saturated carbocycles. The second-order valence-corrected chi connectivity index (χ2v) is 3.01. The number of amidine groups is 1. The maximum absolute atomic E-state index is 7.28. The monoisotopic (exact) mass is 163 g/mol. The van der Waals surface area contributed by atoms with E-state index in [1.54, 1.807) is 6.20 Å². The lowest BCUT2D eigenvalue weighted by Gasteiger charge is -2.09. The van der Waals surface area contributed by atoms with Crippen molar-refractivity contribution < 1.29 is 0 Å². The third-order valence-corrected chi connectivity index (χ3v) is 1.72. The standard InChI is InChI=1S/C9H13N3/c1-6(2)7-4-3-5-12-8(7)9(10)11/h3-6H,1-2H3,(H3,10,11). The second-order valence-electron chi connectivity index (χ2n) is 3.01. The molecule has 1 heterocycles. The fourth-order valence-corrected chi connectivity index (χ4v) is 1.11. The number of aromatic nitrogens is 1. The van der Waals surface area contributed by atoms with Crippen LogP contribution >= 0.6 is 0 Å². The zero-order valence-corrected chi connectivity index (χ0v) is 7.33. The van der Waals surface area contributed by atoms with Gasteiger partial charge in [0.1, 0.15) is 11.5 Å². The van der Waals surface area contributed by atoms with E-state index >= 15 is 0 Å². The molecule has 0 aromatic carbocycles. The van der Waals surface area contributed by atoms with Crippen LogP contribution in [0, 0.1) is 5.41 Å². The van der Waals surface area contributed by atoms with Gasteiger partial charge in [-0.25, -0.2) is 0 Å². The summed E-state index contributed by atoms with van der Waals surface area (Å²) >= 11 is 0. The number of rotatable bonds is 2. The number of nitrogens with zero attached hydrogens (tertiary/aromatic N) is 1. The first-order valence-electron chi connectivity index (χ1n) is 3.92. The van der Waals surface area contributed by atoms with Gasteiger partial charge in [-0.05, 0) is 17.5 Å². The van der Waals surface area contributed by atoms with Crippen LogP contribution in [0.3, 0.4) is 0 Å². The van der Waals surface area contributed by atoms with E-state index in [0.717, 1.165) is 5.56 Å². The van der Waals surface area contributed by atoms with Crippen LogP contribution in [0.4, 0.5) is 0 Å². The van der Waals surface area contributed by atoms with Gasteiger partial charge in [0, 0.05) is 6.20 Å². The van der Waals surface area contributed by atoms with Crippen molar-refractivity contribution in [3.8, 4) is 0 Å². The Morgan fingerprint density at radius 2 is 2.25 bits per heavy atom. The largest absolute Gasteiger partial charge is 0.382 e. The van der Waals surface area contributed by atoms with E-state index in [1.807, 2.05) is 12.1 Å². The van der Waals surface area contributed by atoms with Crippen molar-refractivity contribution in [2.75, 3.05) is 0 Å². The zero-order valence-electron chi connectivity index (χ0n) is 7.33. The molecule has 0 fully saturated rings. The SMILES string of the molecule is CC(C)c1cccnc1C(=N)N. The molecule has 1 rings (SSSR count). The van der Waals surface area contributed by atoms with E-state index in [2.05, 4.69) is 18.8 Å². The first-order valence-corrected chi connectivity index (χ1v) is 3.92. The maximum Gasteiger partial charge on any atom is 0.142 e. The Hall–Kier alpha value is -1.38. The fraction of sp³-hybridized carbons (Fsp3) is 0.333. The number of nitrogen functional groups attached to an aromatic ring is 1. The van der Waals surface area contributed by atoms with Gasteiger partial charge < -0.3 is 5.73 Å². The molecular weight excluding hydrogens is 150 g/mol. The smallest absolute Gasteiger partial charge is 0.142 e. The molecule has 0 unspecified atom stereocenters. The highest BCUT2D eigenvalue weighted by molar-refractivity contribution is 5.94. The fourth-order valence-electron chi connectivity index (χ4n) is 1.11. The molecular formula is C9H13N3. The van der Waals surface area contributed by atoms with E-state index < -0.39 is 0 Å². The summed E-state index contributed by atoms with van der Waals surface area (Å²) in [5.74, 6) is 0.400. The molecule has 0 atom stereocenters. The summed E-state index contributed by atoms with van der Waals surface area (Å²) in [6.07, 6.45) is 1.66. The Kier molecular flexibility index (Phi) is 2.43. The van der Waals surface area contributed by atoms with Gasteiger partial charge in [0.05, 0.1) is 0 Å². The van der Waals surface area contributed by atoms with Crippen LogP contribution in [-0.2, 0) is 0 Å². The van der Waals surface area contributed by atoms with Crippen LogP contribution in [0.15, 0.2) is 18.3 Å². The summed E-state index contributed by atoms with van der Waals surface area (Å²) in [4.78, 5) is 4.05. The van der Waals surface area contributed by atoms with Crippen LogP contribution < -0.4 is 5.73 Å². The quantitative estimate of drug-likeness (QED) is 0.512. The first kappa shape index (κ1) is 8.71. The average molecular weight is 163 g/mol. The Morgan fingerprint density at radius 3 is 2.67 bits per heavy atom. The van der Waals surface area contributed by atoms with Gasteiger partial charge >= 0.3 is 0 Å². The predicted octanol–water partition coefficient (Wildman–Crippen LogP) is 1.49. The van der Waals surface area contributed by atoms with Gasteiger partial charge in [-0.2, -0.15) is 0 Å². The van der Waals surface area contributed by atoms with Gasteiger partial charge in [0.2, 0.25) is 0 Å². The number of hydrogen-bond donors (Lipinski definition) is 2. The van der Waals surface area contributed by atoms with Crippen molar-refractivity contribution in [1.29, 1.82) is 5.41 Å². The van der Waals surface area contributed by atoms with E-state index in [9.17, 15) is 0 Å². The molecule has 0 spiro atoms. The lowest BCUT2D eigenvalue weighted by molar-refractivity contribution is 0.853. The Balaban J connectivity index is 3.17. The maximum atomic E-state index is 7.28. The van der Waals surface area contributed by atoms with Gasteiger partial charge in [-0.3, -0.25) is 10.4 Å². The van der Waals surface area contributed by atoms with E-state index in [0.29, 0.717) is 11.6 Å². The van der Waals surface area contributed by atoms with Gasteiger partial charge in [0.25, 0.3) is 0 Å². The van der Waals surface area contributed by atoms with Crippen molar-refractivity contribution in [2.24, 2.45) is 5.73 Å². The van der Waals surface area contributed by atoms with E-state index in [1.165, 1.54) is 0 Å². The molecule has 0 amide bonds. The van der Waals surface area contributed by atoms with Crippen LogP contribution in [0.25, 0.3) is 0 Å². The number of nitrogens with two attached hydrogens (primary N) is 1. The summed E-state index contributed by atoms with van der Waals surface area (Å²) < 4.78 is 0. The highest BCUT2D eigenvalue weighted by Crippen LogP contribution is 2.16. The van der Waals surface area contributed by atoms with E-state index in [-0.39, 0.29) is 5.84 Å². The minimum Gasteiger partial charge on any atom is -0.382 e. The summed E-state index contributed by atoms with van der Waals surface area (Å²) in [6, 6.07) is 3.82. The van der Waals surface area contributed by atoms with Gasteiger partial charge in [0.15, 0.2) is 0 Å². The summed E-state index contributed by atoms with van der Waals surface area (Å²) in [6.45, 7) is 4.12. The summed E-state index contributed by atoms with van der Waals surface area (Å²) in [5, 5.41) is 7.28. The molecule has 0 aliphatic carbocycles. The highest BCUT2D eigenvalue weighted by atomic mass is 14.8. The molecule has 0 radical (unpaired) electrons. The van der Waals surface area contributed by atoms with Crippen molar-refractivity contribution in [3.63, 3.8) is 0 Å². The second kappa shape index (κ2) is 3.34. The zero-order chi connectivity index (χ0) is 9.14. The molecule has 0 saturated heterocycles. The van der Waals surface area contributed by atoms with Crippen LogP contribution in [-0.4, -0.2) is 10.8 Å². The van der Waals surface area contributed by atoms with Crippen LogP contribution in [0.1, 0.15) is 31.0 Å². The average Bonchev–Trinajstić information content (AvgIpc) is 2.04. The molecule has 12 heavy (non-hydrogen) atoms. The first-order chi connectivity index (χ1) is 5.63. The molecule has 0 aliphatic heterocycles. The molecule has 3 nitrogen and oxygen atoms in total. The molecule has 3 heteroatoms. The lowest BCUT2D eigenvalue weighted by atomic mass is 10.0. The van der Waals surface area contributed by atoms with Crippen molar-refractivity contribution in [1.82, 2.24) is 4.98 Å². The van der Waals surface area contributed by atoms with Crippen molar-refractivity contribution in [3.05, 3.63) is 29.6 Å². The molecule has 1 aromatic rings. The number of nitrogens with one attached hydrogen (secondary N) is 1. The molecule has 0 bridgehead atoms. The lowest BCUT2D eigenvalue weighted by Crippen LogP contribution is -2.16. The number of hydrogen-bond acceptors (Lipinski definition) is 2. The Labute approximate surface area is 72.1 Å². The van der Waals surface area contributed by atoms with Gasteiger partial charge in [-0.1, -0.05) is 19.9 Å². The van der Waals surface area contributed by atoms with Crippen LogP contribution in [0.5, 0.6) is 0 Å². The third-order valence-electron chi connectivity index (χ3n) is 1.72. The van der Waals surface area contributed by atoms with Crippen molar-refractivity contribution in [2.45, 2.75) is 19.8 Å². The topological polar surface area (TPSA) is 62.8 Å². The van der Waals surface area contributed by atoms with Gasteiger partial charge in [-0.15, -0.1) is 0 Å². The summed E-state index contributed by atoms with van der Waals surface area (Å²) in [7, 11) is 0. The molecule has 64 valence electrons. The molecule has 3 N–H and O–H groups in total. The Bertz CT molecular complexity index is 292. The third kappa shape index (κ3) is 1.61. The highest BCUT2D eigenvalue weighted by Gasteiger charge is 2.08. The Morgan fingerprint density at radius 1 is 1.58 bits per heavy atom. The normalized spacial score (nSPS) is 10.2. The minimum absolute atomic E-state index is 0.0410. The molecule has 1 aromatic heterocycles. The minimum atomic E-state index is 0.0410. The number of pyridine rings is 1. The summed E-state index contributed by atoms with van der Waals surface area (Å²) in [5.41, 5.74) is 7.01. The molecule has 0 aliphatic rings.